The lowest BCUT2D eigenvalue weighted by atomic mass is 10.1. The van der Waals surface area contributed by atoms with Gasteiger partial charge in [0.05, 0.1) is 12.1 Å². The summed E-state index contributed by atoms with van der Waals surface area (Å²) in [4.78, 5) is 11.0. The highest BCUT2D eigenvalue weighted by Gasteiger charge is 2.09. The number of benzene rings is 1. The van der Waals surface area contributed by atoms with Crippen LogP contribution in [0.15, 0.2) is 18.2 Å². The Balaban J connectivity index is 2.70. The van der Waals surface area contributed by atoms with E-state index in [1.165, 1.54) is 7.11 Å². The van der Waals surface area contributed by atoms with Crippen molar-refractivity contribution in [3.05, 3.63) is 28.8 Å². The maximum atomic E-state index is 11.0. The molecule has 0 aliphatic carbocycles. The highest BCUT2D eigenvalue weighted by Crippen LogP contribution is 2.27. The minimum absolute atomic E-state index is 0.141. The monoisotopic (exact) mass is 271 g/mol. The quantitative estimate of drug-likeness (QED) is 0.808. The molecule has 0 amide bonds. The van der Waals surface area contributed by atoms with Gasteiger partial charge in [-0.05, 0) is 31.2 Å². The van der Waals surface area contributed by atoms with Crippen LogP contribution in [0.4, 0.5) is 0 Å². The van der Waals surface area contributed by atoms with Gasteiger partial charge in [0.15, 0.2) is 6.61 Å². The SMILES string of the molecule is CCNC(C)c1ccc(OCC(=O)OC)c(Cl)c1. The summed E-state index contributed by atoms with van der Waals surface area (Å²) >= 11 is 6.10. The van der Waals surface area contributed by atoms with Crippen LogP contribution in [-0.2, 0) is 9.53 Å². The van der Waals surface area contributed by atoms with Crippen molar-refractivity contribution in [1.82, 2.24) is 5.32 Å². The number of carbonyl (C=O) groups excluding carboxylic acids is 1. The zero-order valence-electron chi connectivity index (χ0n) is 10.8. The van der Waals surface area contributed by atoms with Gasteiger partial charge in [-0.15, -0.1) is 0 Å². The molecule has 4 nitrogen and oxygen atoms in total. The summed E-state index contributed by atoms with van der Waals surface area (Å²) in [6.45, 7) is 4.85. The standard InChI is InChI=1S/C13H18ClNO3/c1-4-15-9(2)10-5-6-12(11(14)7-10)18-8-13(16)17-3/h5-7,9,15H,4,8H2,1-3H3. The van der Waals surface area contributed by atoms with E-state index >= 15 is 0 Å². The highest BCUT2D eigenvalue weighted by molar-refractivity contribution is 6.32. The molecule has 1 aromatic rings. The molecule has 0 aliphatic rings. The molecule has 0 spiro atoms. The van der Waals surface area contributed by atoms with E-state index in [0.29, 0.717) is 10.8 Å². The van der Waals surface area contributed by atoms with Crippen molar-refractivity contribution >= 4 is 17.6 Å². The van der Waals surface area contributed by atoms with E-state index in [1.54, 1.807) is 6.07 Å². The summed E-state index contributed by atoms with van der Waals surface area (Å²) in [5.41, 5.74) is 1.08. The third-order valence-corrected chi connectivity index (χ3v) is 2.83. The van der Waals surface area contributed by atoms with Crippen molar-refractivity contribution in [2.24, 2.45) is 0 Å². The second-order valence-corrected chi connectivity index (χ2v) is 4.24. The Morgan fingerprint density at radius 3 is 2.78 bits per heavy atom. The van der Waals surface area contributed by atoms with Gasteiger partial charge in [0.2, 0.25) is 0 Å². The Kier molecular flexibility index (Phi) is 5.95. The molecule has 0 aliphatic heterocycles. The van der Waals surface area contributed by atoms with E-state index in [4.69, 9.17) is 16.3 Å². The largest absolute Gasteiger partial charge is 0.480 e. The topological polar surface area (TPSA) is 47.6 Å². The molecule has 0 saturated heterocycles. The molecule has 0 radical (unpaired) electrons. The average molecular weight is 272 g/mol. The first-order valence-electron chi connectivity index (χ1n) is 5.81. The molecule has 1 unspecified atom stereocenters. The number of esters is 1. The van der Waals surface area contributed by atoms with Crippen molar-refractivity contribution in [3.8, 4) is 5.75 Å². The predicted molar refractivity (Wildman–Crippen MR) is 71.1 cm³/mol. The van der Waals surface area contributed by atoms with Gasteiger partial charge >= 0.3 is 5.97 Å². The molecule has 5 heteroatoms. The van der Waals surface area contributed by atoms with Crippen molar-refractivity contribution in [2.75, 3.05) is 20.3 Å². The number of halogens is 1. The van der Waals surface area contributed by atoms with Crippen LogP contribution in [-0.4, -0.2) is 26.2 Å². The zero-order chi connectivity index (χ0) is 13.5. The summed E-state index contributed by atoms with van der Waals surface area (Å²) in [5.74, 6) is 0.0469. The van der Waals surface area contributed by atoms with Gasteiger partial charge in [0.1, 0.15) is 5.75 Å². The summed E-state index contributed by atoms with van der Waals surface area (Å²) in [5, 5.41) is 3.78. The van der Waals surface area contributed by atoms with Crippen molar-refractivity contribution < 1.29 is 14.3 Å². The van der Waals surface area contributed by atoms with Gasteiger partial charge in [0.25, 0.3) is 0 Å². The Hall–Kier alpha value is -1.26. The number of nitrogens with one attached hydrogen (secondary N) is 1. The summed E-state index contributed by atoms with van der Waals surface area (Å²) in [6, 6.07) is 5.74. The Labute approximate surface area is 112 Å². The van der Waals surface area contributed by atoms with Crippen LogP contribution in [0.3, 0.4) is 0 Å². The van der Waals surface area contributed by atoms with Crippen LogP contribution in [0.5, 0.6) is 5.75 Å². The summed E-state index contributed by atoms with van der Waals surface area (Å²) in [6.07, 6.45) is 0. The van der Waals surface area contributed by atoms with E-state index in [2.05, 4.69) is 17.0 Å². The van der Waals surface area contributed by atoms with Gasteiger partial charge in [0, 0.05) is 6.04 Å². The summed E-state index contributed by atoms with van der Waals surface area (Å²) < 4.78 is 9.75. The molecule has 0 saturated carbocycles. The molecule has 0 aromatic heterocycles. The van der Waals surface area contributed by atoms with Crippen molar-refractivity contribution in [2.45, 2.75) is 19.9 Å². The molecule has 1 atom stereocenters. The maximum Gasteiger partial charge on any atom is 0.343 e. The molecule has 1 rings (SSSR count). The first kappa shape index (κ1) is 14.8. The fourth-order valence-electron chi connectivity index (χ4n) is 1.52. The van der Waals surface area contributed by atoms with E-state index in [9.17, 15) is 4.79 Å². The van der Waals surface area contributed by atoms with Crippen LogP contribution in [0, 0.1) is 0 Å². The van der Waals surface area contributed by atoms with Gasteiger partial charge < -0.3 is 14.8 Å². The Bertz CT molecular complexity index is 409. The predicted octanol–water partition coefficient (Wildman–Crippen LogP) is 2.56. The van der Waals surface area contributed by atoms with E-state index in [1.807, 2.05) is 19.1 Å². The number of carbonyl (C=O) groups is 1. The molecule has 0 heterocycles. The second-order valence-electron chi connectivity index (χ2n) is 3.83. The highest BCUT2D eigenvalue weighted by atomic mass is 35.5. The van der Waals surface area contributed by atoms with Gasteiger partial charge in [-0.25, -0.2) is 4.79 Å². The summed E-state index contributed by atoms with van der Waals surface area (Å²) in [7, 11) is 1.31. The number of hydrogen-bond acceptors (Lipinski definition) is 4. The minimum atomic E-state index is -0.434. The average Bonchev–Trinajstić information content (AvgIpc) is 2.37. The van der Waals surface area contributed by atoms with Crippen LogP contribution in [0.25, 0.3) is 0 Å². The van der Waals surface area contributed by atoms with Crippen molar-refractivity contribution in [1.29, 1.82) is 0 Å². The fourth-order valence-corrected chi connectivity index (χ4v) is 1.77. The van der Waals surface area contributed by atoms with Crippen LogP contribution in [0.2, 0.25) is 5.02 Å². The molecule has 1 aromatic carbocycles. The number of ether oxygens (including phenoxy) is 2. The zero-order valence-corrected chi connectivity index (χ0v) is 11.6. The lowest BCUT2D eigenvalue weighted by Gasteiger charge is -2.14. The Morgan fingerprint density at radius 1 is 1.50 bits per heavy atom. The third kappa shape index (κ3) is 4.20. The van der Waals surface area contributed by atoms with Crippen molar-refractivity contribution in [3.63, 3.8) is 0 Å². The normalized spacial score (nSPS) is 12.0. The lowest BCUT2D eigenvalue weighted by molar-refractivity contribution is -0.142. The molecule has 100 valence electrons. The van der Waals surface area contributed by atoms with Gasteiger partial charge in [-0.3, -0.25) is 0 Å². The first-order valence-corrected chi connectivity index (χ1v) is 6.18. The molecular formula is C13H18ClNO3. The molecule has 0 fully saturated rings. The number of rotatable bonds is 6. The van der Waals surface area contributed by atoms with Gasteiger partial charge in [-0.1, -0.05) is 24.6 Å². The lowest BCUT2D eigenvalue weighted by Crippen LogP contribution is -2.17. The van der Waals surface area contributed by atoms with Crippen LogP contribution < -0.4 is 10.1 Å². The molecule has 1 N–H and O–H groups in total. The Morgan fingerprint density at radius 2 is 2.22 bits per heavy atom. The van der Waals surface area contributed by atoms with E-state index in [-0.39, 0.29) is 12.6 Å². The van der Waals surface area contributed by atoms with E-state index in [0.717, 1.165) is 12.1 Å². The smallest absolute Gasteiger partial charge is 0.343 e. The molecule has 0 bridgehead atoms. The fraction of sp³-hybridized carbons (Fsp3) is 0.462. The van der Waals surface area contributed by atoms with E-state index < -0.39 is 5.97 Å². The minimum Gasteiger partial charge on any atom is -0.480 e. The third-order valence-electron chi connectivity index (χ3n) is 2.54. The maximum absolute atomic E-state index is 11.0. The molecular weight excluding hydrogens is 254 g/mol. The molecule has 18 heavy (non-hydrogen) atoms. The van der Waals surface area contributed by atoms with Crippen LogP contribution >= 0.6 is 11.6 Å². The van der Waals surface area contributed by atoms with Gasteiger partial charge in [-0.2, -0.15) is 0 Å². The first-order chi connectivity index (χ1) is 8.58. The van der Waals surface area contributed by atoms with Crippen LogP contribution in [0.1, 0.15) is 25.5 Å². The number of hydrogen-bond donors (Lipinski definition) is 1. The second kappa shape index (κ2) is 7.24. The number of methoxy groups -OCH3 is 1.